The minimum atomic E-state index is -0.580. The molecular weight excluding hydrogens is 431 g/mol. The molecule has 0 radical (unpaired) electrons. The number of pyridine rings is 2. The molecule has 0 saturated heterocycles. The van der Waals surface area contributed by atoms with E-state index in [9.17, 15) is 14.4 Å². The fourth-order valence-corrected chi connectivity index (χ4v) is 3.76. The number of nitriles is 1. The molecule has 0 fully saturated rings. The van der Waals surface area contributed by atoms with Gasteiger partial charge in [0.05, 0.1) is 17.1 Å². The maximum atomic E-state index is 14.4. The Labute approximate surface area is 188 Å². The average molecular weight is 449 g/mol. The number of hydrogen-bond donors (Lipinski definition) is 1. The lowest BCUT2D eigenvalue weighted by Gasteiger charge is -2.19. The average Bonchev–Trinajstić information content (AvgIpc) is 2.77. The monoisotopic (exact) mass is 448 g/mol. The lowest BCUT2D eigenvalue weighted by Crippen LogP contribution is -2.13. The molecule has 1 atom stereocenters. The molecule has 1 aromatic carbocycles. The fraction of sp³-hybridized carbons (Fsp3) is 0.167. The van der Waals surface area contributed by atoms with Crippen LogP contribution in [0.3, 0.4) is 0 Å². The Hall–Kier alpha value is -3.76. The van der Waals surface area contributed by atoms with Gasteiger partial charge in [0.2, 0.25) is 0 Å². The highest BCUT2D eigenvalue weighted by Gasteiger charge is 2.21. The molecule has 32 heavy (non-hydrogen) atoms. The van der Waals surface area contributed by atoms with Crippen LogP contribution in [0.2, 0.25) is 5.15 Å². The number of rotatable bonds is 4. The van der Waals surface area contributed by atoms with Crippen molar-refractivity contribution in [2.45, 2.75) is 26.8 Å². The SMILES string of the molecule is Cc1cc(C(C)Nc2ccc(Cl)nc2C#N)c2oc(-c3ncccc3F)c(C)c(=O)c2c1. The molecule has 4 aromatic rings. The molecule has 0 amide bonds. The second-order valence-corrected chi connectivity index (χ2v) is 7.85. The van der Waals surface area contributed by atoms with Crippen LogP contribution in [0, 0.1) is 31.0 Å². The van der Waals surface area contributed by atoms with Gasteiger partial charge in [0.1, 0.15) is 22.5 Å². The molecule has 8 heteroatoms. The Kier molecular flexibility index (Phi) is 5.64. The van der Waals surface area contributed by atoms with E-state index in [1.807, 2.05) is 26.0 Å². The third kappa shape index (κ3) is 3.81. The summed E-state index contributed by atoms with van der Waals surface area (Å²) in [7, 11) is 0. The number of nitrogens with zero attached hydrogens (tertiary/aromatic N) is 3. The molecule has 0 aliphatic rings. The van der Waals surface area contributed by atoms with Gasteiger partial charge in [-0.15, -0.1) is 0 Å². The Bertz CT molecular complexity index is 1460. The van der Waals surface area contributed by atoms with E-state index in [0.29, 0.717) is 22.2 Å². The van der Waals surface area contributed by atoms with Gasteiger partial charge in [-0.05, 0) is 56.7 Å². The van der Waals surface area contributed by atoms with Gasteiger partial charge in [-0.3, -0.25) is 4.79 Å². The highest BCUT2D eigenvalue weighted by Crippen LogP contribution is 2.32. The predicted octanol–water partition coefficient (Wildman–Crippen LogP) is 5.70. The maximum Gasteiger partial charge on any atom is 0.196 e. The van der Waals surface area contributed by atoms with Gasteiger partial charge in [-0.25, -0.2) is 14.4 Å². The van der Waals surface area contributed by atoms with E-state index in [1.165, 1.54) is 18.3 Å². The van der Waals surface area contributed by atoms with Crippen LogP contribution in [0.4, 0.5) is 10.1 Å². The summed E-state index contributed by atoms with van der Waals surface area (Å²) in [5.41, 5.74) is 2.50. The molecule has 6 nitrogen and oxygen atoms in total. The van der Waals surface area contributed by atoms with E-state index >= 15 is 0 Å². The second-order valence-electron chi connectivity index (χ2n) is 7.46. The van der Waals surface area contributed by atoms with E-state index < -0.39 is 5.82 Å². The molecule has 1 N–H and O–H groups in total. The fourth-order valence-electron chi connectivity index (χ4n) is 3.62. The first-order valence-corrected chi connectivity index (χ1v) is 10.2. The van der Waals surface area contributed by atoms with Crippen LogP contribution in [0.15, 0.2) is 51.8 Å². The van der Waals surface area contributed by atoms with Gasteiger partial charge in [-0.1, -0.05) is 17.7 Å². The minimum absolute atomic E-state index is 0.0233. The lowest BCUT2D eigenvalue weighted by atomic mass is 9.99. The van der Waals surface area contributed by atoms with Crippen molar-refractivity contribution in [3.8, 4) is 17.5 Å². The standard InChI is InChI=1S/C24H18ClFN4O2/c1-12-9-15(14(3)29-18-6-7-20(25)30-19(18)11-27)24-16(10-12)22(31)13(2)23(32-24)21-17(26)5-4-8-28-21/h4-10,14,29H,1-3H3. The summed E-state index contributed by atoms with van der Waals surface area (Å²) in [6, 6.07) is 11.2. The Morgan fingerprint density at radius 2 is 2.03 bits per heavy atom. The zero-order valence-corrected chi connectivity index (χ0v) is 18.3. The highest BCUT2D eigenvalue weighted by atomic mass is 35.5. The summed E-state index contributed by atoms with van der Waals surface area (Å²) in [6.07, 6.45) is 1.44. The van der Waals surface area contributed by atoms with Crippen molar-refractivity contribution < 1.29 is 8.81 Å². The first kappa shape index (κ1) is 21.5. The second kappa shape index (κ2) is 8.40. The molecule has 3 aromatic heterocycles. The Morgan fingerprint density at radius 3 is 2.75 bits per heavy atom. The first-order chi connectivity index (χ1) is 15.3. The quantitative estimate of drug-likeness (QED) is 0.402. The van der Waals surface area contributed by atoms with Crippen molar-refractivity contribution in [2.75, 3.05) is 5.32 Å². The van der Waals surface area contributed by atoms with Gasteiger partial charge in [0.25, 0.3) is 0 Å². The van der Waals surface area contributed by atoms with Gasteiger partial charge in [0.15, 0.2) is 22.7 Å². The van der Waals surface area contributed by atoms with Crippen LogP contribution < -0.4 is 10.7 Å². The molecule has 1 unspecified atom stereocenters. The van der Waals surface area contributed by atoms with Gasteiger partial charge < -0.3 is 9.73 Å². The Balaban J connectivity index is 1.91. The summed E-state index contributed by atoms with van der Waals surface area (Å²) in [5, 5.41) is 13.2. The van der Waals surface area contributed by atoms with Crippen molar-refractivity contribution in [3.05, 3.63) is 86.2 Å². The molecule has 0 aliphatic heterocycles. The molecule has 0 spiro atoms. The van der Waals surface area contributed by atoms with Gasteiger partial charge in [-0.2, -0.15) is 5.26 Å². The third-order valence-electron chi connectivity index (χ3n) is 5.17. The van der Waals surface area contributed by atoms with Crippen molar-refractivity contribution in [1.29, 1.82) is 5.26 Å². The van der Waals surface area contributed by atoms with Gasteiger partial charge in [0, 0.05) is 17.3 Å². The predicted molar refractivity (Wildman–Crippen MR) is 121 cm³/mol. The van der Waals surface area contributed by atoms with E-state index in [-0.39, 0.29) is 39.3 Å². The number of halogens is 2. The number of aryl methyl sites for hydroxylation is 1. The molecular formula is C24H18ClFN4O2. The molecule has 160 valence electrons. The van der Waals surface area contributed by atoms with E-state index in [4.69, 9.17) is 16.0 Å². The first-order valence-electron chi connectivity index (χ1n) is 9.82. The highest BCUT2D eigenvalue weighted by molar-refractivity contribution is 6.29. The smallest absolute Gasteiger partial charge is 0.196 e. The maximum absolute atomic E-state index is 14.4. The zero-order valence-electron chi connectivity index (χ0n) is 17.5. The van der Waals surface area contributed by atoms with Crippen LogP contribution in [0.1, 0.15) is 35.3 Å². The topological polar surface area (TPSA) is 91.8 Å². The molecule has 3 heterocycles. The summed E-state index contributed by atoms with van der Waals surface area (Å²) in [5.74, 6) is -0.493. The number of hydrogen-bond acceptors (Lipinski definition) is 6. The Morgan fingerprint density at radius 1 is 1.25 bits per heavy atom. The summed E-state index contributed by atoms with van der Waals surface area (Å²) < 4.78 is 20.5. The minimum Gasteiger partial charge on any atom is -0.453 e. The van der Waals surface area contributed by atoms with Gasteiger partial charge >= 0.3 is 0 Å². The molecule has 4 rings (SSSR count). The number of benzene rings is 1. The number of nitrogens with one attached hydrogen (secondary N) is 1. The molecule has 0 aliphatic carbocycles. The zero-order chi connectivity index (χ0) is 23.0. The van der Waals surface area contributed by atoms with Crippen molar-refractivity contribution >= 4 is 28.3 Å². The van der Waals surface area contributed by atoms with E-state index in [1.54, 1.807) is 25.1 Å². The summed E-state index contributed by atoms with van der Waals surface area (Å²) >= 11 is 5.89. The normalized spacial score (nSPS) is 11.9. The number of fused-ring (bicyclic) bond motifs is 1. The van der Waals surface area contributed by atoms with Crippen molar-refractivity contribution in [2.24, 2.45) is 0 Å². The van der Waals surface area contributed by atoms with Crippen LogP contribution in [-0.4, -0.2) is 9.97 Å². The van der Waals surface area contributed by atoms with Crippen molar-refractivity contribution in [1.82, 2.24) is 9.97 Å². The van der Waals surface area contributed by atoms with E-state index in [0.717, 1.165) is 5.56 Å². The van der Waals surface area contributed by atoms with Crippen LogP contribution in [0.25, 0.3) is 22.4 Å². The number of aromatic nitrogens is 2. The largest absolute Gasteiger partial charge is 0.453 e. The van der Waals surface area contributed by atoms with Crippen molar-refractivity contribution in [3.63, 3.8) is 0 Å². The molecule has 0 bridgehead atoms. The third-order valence-corrected chi connectivity index (χ3v) is 5.38. The number of anilines is 1. The van der Waals surface area contributed by atoms with Crippen LogP contribution in [-0.2, 0) is 0 Å². The molecule has 0 saturated carbocycles. The summed E-state index contributed by atoms with van der Waals surface area (Å²) in [4.78, 5) is 21.3. The van der Waals surface area contributed by atoms with Crippen LogP contribution in [0.5, 0.6) is 0 Å². The van der Waals surface area contributed by atoms with E-state index in [2.05, 4.69) is 15.3 Å². The lowest BCUT2D eigenvalue weighted by molar-refractivity contribution is 0.580. The van der Waals surface area contributed by atoms with Crippen LogP contribution >= 0.6 is 11.6 Å². The summed E-state index contributed by atoms with van der Waals surface area (Å²) in [6.45, 7) is 5.34.